The fourth-order valence-corrected chi connectivity index (χ4v) is 6.31. The van der Waals surface area contributed by atoms with Gasteiger partial charge in [0.15, 0.2) is 5.75 Å². The second-order valence-corrected chi connectivity index (χ2v) is 13.4. The predicted octanol–water partition coefficient (Wildman–Crippen LogP) is 5.55. The van der Waals surface area contributed by atoms with Gasteiger partial charge in [0.2, 0.25) is 0 Å². The number of aromatic hydroxyl groups is 1. The first kappa shape index (κ1) is 36.6. The number of rotatable bonds is 9. The van der Waals surface area contributed by atoms with E-state index in [1.807, 2.05) is 30.3 Å². The first-order valence-corrected chi connectivity index (χ1v) is 16.7. The molecule has 0 amide bonds. The van der Waals surface area contributed by atoms with E-state index in [2.05, 4.69) is 25.8 Å². The Hall–Kier alpha value is -4.22. The van der Waals surface area contributed by atoms with Gasteiger partial charge in [-0.3, -0.25) is 9.11 Å². The molecule has 0 saturated heterocycles. The summed E-state index contributed by atoms with van der Waals surface area (Å²) in [5, 5.41) is 31.3. The maximum absolute atomic E-state index is 12.4. The third kappa shape index (κ3) is 8.07. The minimum Gasteiger partial charge on any atom is -0.505 e. The standard InChI is InChI=1S/C32H29N5O8S2.Na/c1-18-12-20(3)30(28(13-18)46(39,40)41)36-34-25-17-27(45-4)26(14-19(25)2)35-37-31-29(47(42,43)44)16-21-15-23(10-11-24(21)32(31)38)33-22-8-6-5-7-9-22;/h5-17,33,38H,1-4H3,(H,39,40,41)(H,42,43,44);/q;+1. The molecule has 0 heterocycles. The maximum atomic E-state index is 12.4. The molecule has 0 saturated carbocycles. The smallest absolute Gasteiger partial charge is 0.505 e. The third-order valence-electron chi connectivity index (χ3n) is 7.09. The van der Waals surface area contributed by atoms with Gasteiger partial charge < -0.3 is 15.2 Å². The molecule has 48 heavy (non-hydrogen) atoms. The maximum Gasteiger partial charge on any atom is 1.00 e. The molecule has 5 aromatic carbocycles. The normalized spacial score (nSPS) is 12.0. The second kappa shape index (κ2) is 14.5. The first-order valence-electron chi connectivity index (χ1n) is 13.9. The molecule has 0 aromatic heterocycles. The van der Waals surface area contributed by atoms with Gasteiger partial charge in [0.05, 0.1) is 12.8 Å². The predicted molar refractivity (Wildman–Crippen MR) is 177 cm³/mol. The summed E-state index contributed by atoms with van der Waals surface area (Å²) in [6.07, 6.45) is 0. The first-order chi connectivity index (χ1) is 22.2. The molecule has 16 heteroatoms. The molecule has 13 nitrogen and oxygen atoms in total. The molecule has 0 aliphatic heterocycles. The number of nitrogens with zero attached hydrogens (tertiary/aromatic N) is 4. The van der Waals surface area contributed by atoms with Crippen molar-refractivity contribution in [2.45, 2.75) is 30.6 Å². The SMILES string of the molecule is COc1cc(N=Nc2c(C)cc(C)cc2S(=O)(=O)O)c(C)cc1N=Nc1c(S(=O)(=O)O)cc2cc(Nc3ccccc3)ccc2c1O.[Na+]. The molecule has 0 unspecified atom stereocenters. The summed E-state index contributed by atoms with van der Waals surface area (Å²) in [6.45, 7) is 4.98. The largest absolute Gasteiger partial charge is 1.00 e. The number of nitrogens with one attached hydrogen (secondary N) is 1. The van der Waals surface area contributed by atoms with Crippen LogP contribution in [-0.4, -0.2) is 38.2 Å². The van der Waals surface area contributed by atoms with Gasteiger partial charge in [-0.2, -0.15) is 21.9 Å². The van der Waals surface area contributed by atoms with Crippen LogP contribution in [0, 0.1) is 20.8 Å². The molecule has 0 aliphatic rings. The van der Waals surface area contributed by atoms with E-state index in [1.165, 1.54) is 31.4 Å². The topological polar surface area (TPSA) is 200 Å². The summed E-state index contributed by atoms with van der Waals surface area (Å²) in [5.74, 6) is -0.386. The Labute approximate surface area is 299 Å². The molecular formula is C32H29N5NaO8S2+. The zero-order valence-corrected chi connectivity index (χ0v) is 30.1. The Morgan fingerprint density at radius 2 is 1.29 bits per heavy atom. The third-order valence-corrected chi connectivity index (χ3v) is 8.83. The van der Waals surface area contributed by atoms with Gasteiger partial charge >= 0.3 is 29.6 Å². The summed E-state index contributed by atoms with van der Waals surface area (Å²) in [7, 11) is -8.09. The second-order valence-electron chi connectivity index (χ2n) is 10.6. The molecule has 0 bridgehead atoms. The number of hydrogen-bond donors (Lipinski definition) is 4. The van der Waals surface area contributed by atoms with Gasteiger partial charge in [0.25, 0.3) is 20.2 Å². The van der Waals surface area contributed by atoms with E-state index in [-0.39, 0.29) is 62.7 Å². The van der Waals surface area contributed by atoms with Crippen LogP contribution in [0.25, 0.3) is 10.8 Å². The van der Waals surface area contributed by atoms with Gasteiger partial charge in [0, 0.05) is 22.8 Å². The number of fused-ring (bicyclic) bond motifs is 1. The fourth-order valence-electron chi connectivity index (χ4n) is 4.88. The van der Waals surface area contributed by atoms with Crippen molar-refractivity contribution < 1.29 is 65.3 Å². The molecule has 4 N–H and O–H groups in total. The number of hydrogen-bond acceptors (Lipinski definition) is 11. The summed E-state index contributed by atoms with van der Waals surface area (Å²) in [4.78, 5) is -1.05. The Balaban J connectivity index is 0.00000520. The van der Waals surface area contributed by atoms with E-state index in [1.54, 1.807) is 45.0 Å². The van der Waals surface area contributed by atoms with Crippen LogP contribution >= 0.6 is 0 Å². The van der Waals surface area contributed by atoms with Crippen LogP contribution in [0.3, 0.4) is 0 Å². The Bertz CT molecular complexity index is 2320. The van der Waals surface area contributed by atoms with E-state index in [4.69, 9.17) is 4.74 Å². The Morgan fingerprint density at radius 1 is 0.667 bits per heavy atom. The Kier molecular flexibility index (Phi) is 11.1. The van der Waals surface area contributed by atoms with E-state index in [0.29, 0.717) is 27.8 Å². The zero-order valence-electron chi connectivity index (χ0n) is 26.5. The number of aryl methyl sites for hydroxylation is 3. The van der Waals surface area contributed by atoms with Gasteiger partial charge in [-0.15, -0.1) is 15.3 Å². The minimum absolute atomic E-state index is 0. The van der Waals surface area contributed by atoms with Crippen molar-refractivity contribution in [3.05, 3.63) is 95.6 Å². The van der Waals surface area contributed by atoms with E-state index in [9.17, 15) is 31.0 Å². The number of azo groups is 2. The average molecular weight is 699 g/mol. The van der Waals surface area contributed by atoms with E-state index < -0.39 is 36.6 Å². The molecule has 5 rings (SSSR count). The number of anilines is 2. The van der Waals surface area contributed by atoms with Gasteiger partial charge in [-0.05, 0) is 91.4 Å². The summed E-state index contributed by atoms with van der Waals surface area (Å²) in [6, 6.07) is 21.3. The van der Waals surface area contributed by atoms with Crippen LogP contribution in [0.15, 0.2) is 109 Å². The van der Waals surface area contributed by atoms with Gasteiger partial charge in [-0.1, -0.05) is 24.3 Å². The molecule has 0 aliphatic carbocycles. The quantitative estimate of drug-likeness (QED) is 0.0865. The molecule has 0 fully saturated rings. The van der Waals surface area contributed by atoms with Crippen LogP contribution in [0.1, 0.15) is 16.7 Å². The summed E-state index contributed by atoms with van der Waals surface area (Å²) >= 11 is 0. The van der Waals surface area contributed by atoms with Crippen LogP contribution in [0.4, 0.5) is 34.1 Å². The average Bonchev–Trinajstić information content (AvgIpc) is 3.00. The molecular weight excluding hydrogens is 670 g/mol. The van der Waals surface area contributed by atoms with E-state index in [0.717, 1.165) is 5.69 Å². The summed E-state index contributed by atoms with van der Waals surface area (Å²) < 4.78 is 73.9. The van der Waals surface area contributed by atoms with Crippen LogP contribution < -0.4 is 39.6 Å². The number of benzene rings is 5. The summed E-state index contributed by atoms with van der Waals surface area (Å²) in [5.41, 5.74) is 2.87. The Morgan fingerprint density at radius 3 is 1.94 bits per heavy atom. The molecule has 0 atom stereocenters. The van der Waals surface area contributed by atoms with Crippen LogP contribution in [-0.2, 0) is 20.2 Å². The van der Waals surface area contributed by atoms with Crippen molar-refractivity contribution in [1.82, 2.24) is 0 Å². The van der Waals surface area contributed by atoms with Crippen molar-refractivity contribution in [1.29, 1.82) is 0 Å². The molecule has 0 radical (unpaired) electrons. The number of para-hydroxylation sites is 1. The number of ether oxygens (including phenoxy) is 1. The monoisotopic (exact) mass is 698 g/mol. The van der Waals surface area contributed by atoms with Crippen LogP contribution in [0.2, 0.25) is 0 Å². The molecule has 5 aromatic rings. The molecule has 242 valence electrons. The number of methoxy groups -OCH3 is 1. The number of phenolic OH excluding ortho intramolecular Hbond substituents is 1. The van der Waals surface area contributed by atoms with E-state index >= 15 is 0 Å². The van der Waals surface area contributed by atoms with Crippen molar-refractivity contribution in [3.63, 3.8) is 0 Å². The van der Waals surface area contributed by atoms with Gasteiger partial charge in [-0.25, -0.2) is 0 Å². The molecule has 0 spiro atoms. The van der Waals surface area contributed by atoms with Crippen LogP contribution in [0.5, 0.6) is 11.5 Å². The van der Waals surface area contributed by atoms with Crippen molar-refractivity contribution in [2.75, 3.05) is 12.4 Å². The zero-order chi connectivity index (χ0) is 34.1. The number of phenols is 1. The minimum atomic E-state index is -4.86. The van der Waals surface area contributed by atoms with Crippen molar-refractivity contribution >= 4 is 65.1 Å². The fraction of sp³-hybridized carbons (Fsp3) is 0.125. The van der Waals surface area contributed by atoms with Crippen molar-refractivity contribution in [3.8, 4) is 11.5 Å². The van der Waals surface area contributed by atoms with Gasteiger partial charge in [0.1, 0.15) is 32.6 Å². The van der Waals surface area contributed by atoms with Crippen molar-refractivity contribution in [2.24, 2.45) is 20.5 Å².